The molecule has 1 saturated heterocycles. The van der Waals surface area contributed by atoms with E-state index in [4.69, 9.17) is 37.4 Å². The van der Waals surface area contributed by atoms with Crippen molar-refractivity contribution in [2.45, 2.75) is 6.54 Å². The molecule has 13 heteroatoms. The number of aromatic nitrogens is 2. The molecule has 2 aliphatic heterocycles. The monoisotopic (exact) mass is 737 g/mol. The van der Waals surface area contributed by atoms with Crippen LogP contribution in [-0.4, -0.2) is 64.1 Å². The van der Waals surface area contributed by atoms with E-state index in [2.05, 4.69) is 21.3 Å². The van der Waals surface area contributed by atoms with Crippen molar-refractivity contribution >= 4 is 68.6 Å². The number of benzene rings is 3. The van der Waals surface area contributed by atoms with Crippen LogP contribution in [0.2, 0.25) is 10.0 Å². The van der Waals surface area contributed by atoms with E-state index >= 15 is 0 Å². The minimum absolute atomic E-state index is 0. The van der Waals surface area contributed by atoms with Crippen molar-refractivity contribution in [3.63, 3.8) is 0 Å². The number of carbonyl (C=O) groups is 2. The number of piperazine rings is 1. The number of rotatable bonds is 7. The number of hydrogen-bond acceptors (Lipinski definition) is 7. The van der Waals surface area contributed by atoms with Gasteiger partial charge < -0.3 is 29.0 Å². The van der Waals surface area contributed by atoms with Crippen LogP contribution >= 0.6 is 40.2 Å². The lowest BCUT2D eigenvalue weighted by molar-refractivity contribution is 0.0619. The van der Waals surface area contributed by atoms with Gasteiger partial charge in [-0.3, -0.25) is 14.5 Å². The fourth-order valence-electron chi connectivity index (χ4n) is 5.62. The topological polar surface area (TPSA) is 98.2 Å². The van der Waals surface area contributed by atoms with E-state index in [1.807, 2.05) is 52.9 Å². The maximum atomic E-state index is 13.6. The molecule has 0 atom stereocenters. The predicted octanol–water partition coefficient (Wildman–Crippen LogP) is 7.19. The zero-order valence-electron chi connectivity index (χ0n) is 25.2. The predicted molar refractivity (Wildman–Crippen MR) is 186 cm³/mol. The van der Waals surface area contributed by atoms with E-state index in [1.54, 1.807) is 24.3 Å². The summed E-state index contributed by atoms with van der Waals surface area (Å²) in [6, 6.07) is 21.6. The van der Waals surface area contributed by atoms with Gasteiger partial charge >= 0.3 is 0 Å². The molecular formula is C34H30BrCl2N5O5. The van der Waals surface area contributed by atoms with E-state index in [1.165, 1.54) is 12.3 Å². The van der Waals surface area contributed by atoms with Gasteiger partial charge in [0, 0.05) is 62.9 Å². The van der Waals surface area contributed by atoms with Gasteiger partial charge in [0.25, 0.3) is 11.8 Å². The Kier molecular flexibility index (Phi) is 9.60. The lowest BCUT2D eigenvalue weighted by Crippen LogP contribution is -2.48. The van der Waals surface area contributed by atoms with Crippen molar-refractivity contribution in [2.24, 2.45) is 7.05 Å². The molecule has 242 valence electrons. The van der Waals surface area contributed by atoms with E-state index < -0.39 is 0 Å². The van der Waals surface area contributed by atoms with Crippen LogP contribution in [-0.2, 0) is 13.6 Å². The van der Waals surface area contributed by atoms with Crippen LogP contribution in [0.4, 0.5) is 5.69 Å². The lowest BCUT2D eigenvalue weighted by Gasteiger charge is -2.34. The van der Waals surface area contributed by atoms with Gasteiger partial charge in [-0.1, -0.05) is 29.3 Å². The zero-order valence-corrected chi connectivity index (χ0v) is 28.5. The highest BCUT2D eigenvalue weighted by atomic mass is 79.9. The number of pyridine rings is 1. The number of halogens is 3. The molecule has 0 spiro atoms. The summed E-state index contributed by atoms with van der Waals surface area (Å²) in [7, 11) is 1.89. The maximum absolute atomic E-state index is 13.6. The summed E-state index contributed by atoms with van der Waals surface area (Å²) >= 11 is 12.0. The SMILES string of the molecule is Br.Cn1c(C(=O)N2CCN(Cc3ccc4c(c3)OCO4)CC2)cc2ccc(Oc3ccc(NC(=O)c4ccc(Cl)c(Cl)c4)cn3)cc21. The quantitative estimate of drug-likeness (QED) is 0.189. The molecule has 2 aromatic heterocycles. The molecule has 1 fully saturated rings. The summed E-state index contributed by atoms with van der Waals surface area (Å²) in [6.45, 7) is 3.92. The van der Waals surface area contributed by atoms with Crippen LogP contribution in [0.25, 0.3) is 10.9 Å². The Hall–Kier alpha value is -4.29. The van der Waals surface area contributed by atoms with E-state index in [0.29, 0.717) is 51.7 Å². The summed E-state index contributed by atoms with van der Waals surface area (Å²) in [5, 5.41) is 4.40. The first-order chi connectivity index (χ1) is 22.3. The smallest absolute Gasteiger partial charge is 0.270 e. The Bertz CT molecular complexity index is 1960. The fraction of sp³-hybridized carbons (Fsp3) is 0.206. The second kappa shape index (κ2) is 13.8. The average Bonchev–Trinajstić information content (AvgIpc) is 3.67. The third-order valence-corrected chi connectivity index (χ3v) is 8.88. The minimum Gasteiger partial charge on any atom is -0.454 e. The average molecular weight is 739 g/mol. The fourth-order valence-corrected chi connectivity index (χ4v) is 5.92. The Balaban J connectivity index is 0.00000386. The number of amides is 2. The molecule has 0 saturated carbocycles. The third kappa shape index (κ3) is 7.03. The van der Waals surface area contributed by atoms with Gasteiger partial charge in [0.1, 0.15) is 11.4 Å². The number of aryl methyl sites for hydroxylation is 1. The Morgan fingerprint density at radius 2 is 1.70 bits per heavy atom. The molecule has 2 aliphatic rings. The van der Waals surface area contributed by atoms with Crippen LogP contribution in [0.15, 0.2) is 79.0 Å². The van der Waals surface area contributed by atoms with Gasteiger partial charge in [-0.2, -0.15) is 0 Å². The largest absolute Gasteiger partial charge is 0.454 e. The molecule has 2 amide bonds. The number of anilines is 1. The molecule has 0 aliphatic carbocycles. The molecule has 4 heterocycles. The van der Waals surface area contributed by atoms with Crippen molar-refractivity contribution < 1.29 is 23.8 Å². The number of carbonyl (C=O) groups excluding carboxylic acids is 2. The van der Waals surface area contributed by atoms with Crippen LogP contribution in [0, 0.1) is 0 Å². The maximum Gasteiger partial charge on any atom is 0.270 e. The Morgan fingerprint density at radius 3 is 2.47 bits per heavy atom. The molecule has 10 nitrogen and oxygen atoms in total. The van der Waals surface area contributed by atoms with Gasteiger partial charge in [0.05, 0.1) is 27.4 Å². The minimum atomic E-state index is -0.336. The van der Waals surface area contributed by atoms with E-state index in [9.17, 15) is 9.59 Å². The Labute approximate surface area is 291 Å². The highest BCUT2D eigenvalue weighted by Gasteiger charge is 2.25. The normalized spacial score (nSPS) is 14.1. The number of nitrogens with zero attached hydrogens (tertiary/aromatic N) is 4. The second-order valence-electron chi connectivity index (χ2n) is 11.1. The highest BCUT2D eigenvalue weighted by molar-refractivity contribution is 8.93. The lowest BCUT2D eigenvalue weighted by atomic mass is 10.1. The molecular weight excluding hydrogens is 709 g/mol. The summed E-state index contributed by atoms with van der Waals surface area (Å²) in [5.41, 5.74) is 3.53. The van der Waals surface area contributed by atoms with Crippen molar-refractivity contribution in [1.29, 1.82) is 0 Å². The zero-order chi connectivity index (χ0) is 31.8. The highest BCUT2D eigenvalue weighted by Crippen LogP contribution is 2.33. The summed E-state index contributed by atoms with van der Waals surface area (Å²) in [5.74, 6) is 2.16. The van der Waals surface area contributed by atoms with Gasteiger partial charge in [0.15, 0.2) is 11.5 Å². The standard InChI is InChI=1S/C34H29Cl2N5O5.BrH/c1-39-28-17-25(46-32-9-5-24(18-37-32)38-33(42)23-4-7-26(35)27(36)15-23)6-3-22(28)16-29(39)34(43)41-12-10-40(11-13-41)19-21-2-8-30-31(14-21)45-20-44-30;/h2-9,14-18H,10-13,19-20H2,1H3,(H,38,42);1H. The molecule has 3 aromatic carbocycles. The van der Waals surface area contributed by atoms with Crippen LogP contribution in [0.5, 0.6) is 23.1 Å². The van der Waals surface area contributed by atoms with Gasteiger partial charge in [0.2, 0.25) is 12.7 Å². The first-order valence-electron chi connectivity index (χ1n) is 14.7. The second-order valence-corrected chi connectivity index (χ2v) is 11.9. The van der Waals surface area contributed by atoms with Gasteiger partial charge in [-0.15, -0.1) is 17.0 Å². The van der Waals surface area contributed by atoms with E-state index in [0.717, 1.165) is 47.6 Å². The van der Waals surface area contributed by atoms with Crippen molar-refractivity contribution in [3.8, 4) is 23.1 Å². The molecule has 1 N–H and O–H groups in total. The Morgan fingerprint density at radius 1 is 0.894 bits per heavy atom. The number of ether oxygens (including phenoxy) is 3. The first kappa shape index (κ1) is 32.6. The molecule has 0 unspecified atom stereocenters. The molecule has 5 aromatic rings. The summed E-state index contributed by atoms with van der Waals surface area (Å²) < 4.78 is 18.8. The number of nitrogens with one attached hydrogen (secondary N) is 1. The summed E-state index contributed by atoms with van der Waals surface area (Å²) in [4.78, 5) is 34.7. The van der Waals surface area contributed by atoms with Crippen LogP contribution in [0.3, 0.4) is 0 Å². The van der Waals surface area contributed by atoms with Crippen molar-refractivity contribution in [3.05, 3.63) is 106 Å². The molecule has 7 rings (SSSR count). The summed E-state index contributed by atoms with van der Waals surface area (Å²) in [6.07, 6.45) is 1.51. The number of hydrogen-bond donors (Lipinski definition) is 1. The van der Waals surface area contributed by atoms with Crippen molar-refractivity contribution in [1.82, 2.24) is 19.4 Å². The molecule has 0 bridgehead atoms. The molecule has 0 radical (unpaired) electrons. The van der Waals surface area contributed by atoms with Crippen molar-refractivity contribution in [2.75, 3.05) is 38.3 Å². The first-order valence-corrected chi connectivity index (χ1v) is 15.5. The van der Waals surface area contributed by atoms with E-state index in [-0.39, 0.29) is 35.6 Å². The van der Waals surface area contributed by atoms with Crippen LogP contribution in [0.1, 0.15) is 26.4 Å². The third-order valence-electron chi connectivity index (χ3n) is 8.14. The molecule has 47 heavy (non-hydrogen) atoms. The van der Waals surface area contributed by atoms with Crippen LogP contribution < -0.4 is 19.5 Å². The van der Waals surface area contributed by atoms with Gasteiger partial charge in [-0.05, 0) is 60.2 Å². The number of fused-ring (bicyclic) bond motifs is 2. The van der Waals surface area contributed by atoms with Gasteiger partial charge in [-0.25, -0.2) is 4.98 Å².